The van der Waals surface area contributed by atoms with Crippen molar-refractivity contribution in [3.05, 3.63) is 36.5 Å². The van der Waals surface area contributed by atoms with Gasteiger partial charge < -0.3 is 20.3 Å². The van der Waals surface area contributed by atoms with Gasteiger partial charge in [0.1, 0.15) is 0 Å². The molecule has 442 valence electrons. The molecule has 0 fully saturated rings. The van der Waals surface area contributed by atoms with Gasteiger partial charge in [-0.25, -0.2) is 0 Å². The lowest BCUT2D eigenvalue weighted by Gasteiger charge is -2.20. The summed E-state index contributed by atoms with van der Waals surface area (Å²) in [5.41, 5.74) is 0. The second kappa shape index (κ2) is 64.6. The van der Waals surface area contributed by atoms with Crippen LogP contribution in [0.1, 0.15) is 367 Å². The quantitative estimate of drug-likeness (QED) is 0.0320. The number of hydrogen-bond acceptors (Lipinski definition) is 5. The number of aliphatic hydroxyl groups excluding tert-OH is 2. The third-order valence-corrected chi connectivity index (χ3v) is 15.6. The molecule has 0 aromatic rings. The molecule has 2 atom stereocenters. The molecule has 0 aromatic carbocycles. The molecule has 0 aliphatic rings. The molecule has 1 amide bonds. The Hall–Kier alpha value is -1.92. The summed E-state index contributed by atoms with van der Waals surface area (Å²) in [6, 6.07) is -0.636. The number of nitrogens with one attached hydrogen (secondary N) is 1. The predicted octanol–water partition coefficient (Wildman–Crippen LogP) is 21.5. The Bertz CT molecular complexity index is 1210. The van der Waals surface area contributed by atoms with E-state index in [-0.39, 0.29) is 18.5 Å². The van der Waals surface area contributed by atoms with E-state index in [4.69, 9.17) is 4.74 Å². The predicted molar refractivity (Wildman–Crippen MR) is 329 cm³/mol. The molecule has 2 unspecified atom stereocenters. The van der Waals surface area contributed by atoms with E-state index in [2.05, 4.69) is 43.5 Å². The fourth-order valence-corrected chi connectivity index (χ4v) is 10.4. The molecule has 3 N–H and O–H groups in total. The molecule has 0 bridgehead atoms. The first kappa shape index (κ1) is 73.1. The van der Waals surface area contributed by atoms with Gasteiger partial charge in [-0.1, -0.05) is 307 Å². The van der Waals surface area contributed by atoms with Crippen molar-refractivity contribution in [3.8, 4) is 0 Å². The van der Waals surface area contributed by atoms with E-state index in [9.17, 15) is 19.8 Å². The van der Waals surface area contributed by atoms with Gasteiger partial charge in [-0.2, -0.15) is 0 Å². The van der Waals surface area contributed by atoms with Crippen molar-refractivity contribution in [2.75, 3.05) is 13.2 Å². The van der Waals surface area contributed by atoms with Gasteiger partial charge in [0.05, 0.1) is 25.4 Å². The monoisotopic (exact) mass is 1050 g/mol. The summed E-state index contributed by atoms with van der Waals surface area (Å²) in [6.45, 7) is 4.92. The van der Waals surface area contributed by atoms with Crippen LogP contribution in [0, 0.1) is 0 Å². The molecule has 6 nitrogen and oxygen atoms in total. The van der Waals surface area contributed by atoms with Crippen molar-refractivity contribution in [1.82, 2.24) is 5.32 Å². The minimum absolute atomic E-state index is 0.00136. The van der Waals surface area contributed by atoms with Crippen LogP contribution >= 0.6 is 0 Å². The van der Waals surface area contributed by atoms with Gasteiger partial charge in [0.15, 0.2) is 0 Å². The average molecular weight is 1050 g/mol. The highest BCUT2D eigenvalue weighted by Crippen LogP contribution is 2.18. The smallest absolute Gasteiger partial charge is 0.305 e. The molecule has 0 aliphatic carbocycles. The van der Waals surface area contributed by atoms with Gasteiger partial charge in [-0.05, 0) is 83.5 Å². The lowest BCUT2D eigenvalue weighted by molar-refractivity contribution is -0.143. The summed E-state index contributed by atoms with van der Waals surface area (Å²) in [5.74, 6) is -0.0750. The van der Waals surface area contributed by atoms with Crippen LogP contribution in [-0.4, -0.2) is 47.4 Å². The lowest BCUT2D eigenvalue weighted by Crippen LogP contribution is -2.45. The topological polar surface area (TPSA) is 95.9 Å². The maximum absolute atomic E-state index is 12.5. The Morgan fingerprint density at radius 2 is 0.627 bits per heavy atom. The van der Waals surface area contributed by atoms with Crippen molar-refractivity contribution in [1.29, 1.82) is 0 Å². The fraction of sp³-hybridized carbons (Fsp3) is 0.884. The maximum atomic E-state index is 12.5. The number of carbonyl (C=O) groups excluding carboxylic acids is 2. The Morgan fingerprint density at radius 3 is 0.947 bits per heavy atom. The number of esters is 1. The number of allylic oxidation sites excluding steroid dienone is 5. The molecule has 0 aromatic heterocycles. The van der Waals surface area contributed by atoms with Crippen LogP contribution in [-0.2, 0) is 14.3 Å². The van der Waals surface area contributed by atoms with E-state index in [1.54, 1.807) is 6.08 Å². The van der Waals surface area contributed by atoms with Gasteiger partial charge in [0.25, 0.3) is 0 Å². The molecule has 75 heavy (non-hydrogen) atoms. The third-order valence-electron chi connectivity index (χ3n) is 15.6. The number of amides is 1. The van der Waals surface area contributed by atoms with Crippen molar-refractivity contribution >= 4 is 11.9 Å². The van der Waals surface area contributed by atoms with E-state index >= 15 is 0 Å². The zero-order valence-corrected chi connectivity index (χ0v) is 50.5. The SMILES string of the molecule is CCCCCCCCC/C=C\CCCCCCCC(=O)OCCCCCCCCCCC/C=C\CCCCCCCCCC(=O)NC(CO)C(O)/C=C/CCCCCCCCCCCCCCCCCCCCCC. The highest BCUT2D eigenvalue weighted by molar-refractivity contribution is 5.76. The Morgan fingerprint density at radius 1 is 0.360 bits per heavy atom. The minimum Gasteiger partial charge on any atom is -0.466 e. The molecular formula is C69H131NO5. The normalized spacial score (nSPS) is 12.7. The third kappa shape index (κ3) is 61.2. The number of aliphatic hydroxyl groups is 2. The van der Waals surface area contributed by atoms with E-state index in [1.807, 2.05) is 6.08 Å². The largest absolute Gasteiger partial charge is 0.466 e. The van der Waals surface area contributed by atoms with E-state index < -0.39 is 12.1 Å². The van der Waals surface area contributed by atoms with E-state index in [1.165, 1.54) is 289 Å². The van der Waals surface area contributed by atoms with Gasteiger partial charge in [0, 0.05) is 12.8 Å². The Kier molecular flexibility index (Phi) is 63.0. The number of unbranched alkanes of at least 4 members (excludes halogenated alkanes) is 48. The van der Waals surface area contributed by atoms with Crippen molar-refractivity contribution in [2.45, 2.75) is 379 Å². The van der Waals surface area contributed by atoms with Crippen molar-refractivity contribution in [3.63, 3.8) is 0 Å². The van der Waals surface area contributed by atoms with Crippen LogP contribution in [0.15, 0.2) is 36.5 Å². The summed E-state index contributed by atoms with van der Waals surface area (Å²) in [5, 5.41) is 23.2. The minimum atomic E-state index is -0.852. The van der Waals surface area contributed by atoms with E-state index in [0.717, 1.165) is 51.4 Å². The van der Waals surface area contributed by atoms with Gasteiger partial charge in [-0.3, -0.25) is 9.59 Å². The highest BCUT2D eigenvalue weighted by atomic mass is 16.5. The summed E-state index contributed by atoms with van der Waals surface area (Å²) in [6.07, 6.45) is 82.0. The van der Waals surface area contributed by atoms with Crippen LogP contribution in [0.25, 0.3) is 0 Å². The molecule has 0 spiro atoms. The Labute approximate surface area is 468 Å². The number of carbonyl (C=O) groups is 2. The first-order valence-electron chi connectivity index (χ1n) is 33.8. The van der Waals surface area contributed by atoms with Crippen LogP contribution in [0.5, 0.6) is 0 Å². The number of rotatable bonds is 63. The van der Waals surface area contributed by atoms with Crippen LogP contribution in [0.3, 0.4) is 0 Å². The highest BCUT2D eigenvalue weighted by Gasteiger charge is 2.18. The summed E-state index contributed by atoms with van der Waals surface area (Å²) in [4.78, 5) is 24.6. The first-order valence-corrected chi connectivity index (χ1v) is 33.8. The first-order chi connectivity index (χ1) is 37.0. The lowest BCUT2D eigenvalue weighted by atomic mass is 10.0. The molecule has 0 heterocycles. The molecule has 6 heteroatoms. The van der Waals surface area contributed by atoms with E-state index in [0.29, 0.717) is 19.4 Å². The molecule has 0 saturated carbocycles. The summed E-state index contributed by atoms with van der Waals surface area (Å²) < 4.78 is 5.48. The van der Waals surface area contributed by atoms with Gasteiger partial charge in [0.2, 0.25) is 5.91 Å². The molecule has 0 rings (SSSR count). The summed E-state index contributed by atoms with van der Waals surface area (Å²) >= 11 is 0. The Balaban J connectivity index is 3.46. The second-order valence-electron chi connectivity index (χ2n) is 23.1. The van der Waals surface area contributed by atoms with Gasteiger partial charge in [-0.15, -0.1) is 0 Å². The van der Waals surface area contributed by atoms with Crippen molar-refractivity contribution in [2.24, 2.45) is 0 Å². The molecular weight excluding hydrogens is 923 g/mol. The number of ether oxygens (including phenoxy) is 1. The molecule has 0 radical (unpaired) electrons. The van der Waals surface area contributed by atoms with Crippen LogP contribution in [0.2, 0.25) is 0 Å². The maximum Gasteiger partial charge on any atom is 0.305 e. The van der Waals surface area contributed by atoms with Gasteiger partial charge >= 0.3 is 5.97 Å². The zero-order chi connectivity index (χ0) is 54.3. The molecule has 0 saturated heterocycles. The average Bonchev–Trinajstić information content (AvgIpc) is 3.41. The second-order valence-corrected chi connectivity index (χ2v) is 23.1. The van der Waals surface area contributed by atoms with Crippen molar-refractivity contribution < 1.29 is 24.5 Å². The summed E-state index contributed by atoms with van der Waals surface area (Å²) in [7, 11) is 0. The van der Waals surface area contributed by atoms with Crippen LogP contribution < -0.4 is 5.32 Å². The molecule has 0 aliphatic heterocycles. The zero-order valence-electron chi connectivity index (χ0n) is 50.5. The van der Waals surface area contributed by atoms with Crippen LogP contribution in [0.4, 0.5) is 0 Å². The fourth-order valence-electron chi connectivity index (χ4n) is 10.4. The number of hydrogen-bond donors (Lipinski definition) is 3. The standard InChI is InChI=1S/C69H131NO5/c1-3-5-7-9-11-13-15-17-19-21-22-23-24-27-30-33-37-41-45-49-53-57-61-67(72)66(65-71)70-68(73)62-58-54-50-46-42-38-34-31-28-25-26-29-32-36-40-44-48-52-56-60-64-75-69(74)63-59-55-51-47-43-39-35-20-18-16-14-12-10-8-6-4-2/h20,25,28,35,57,61,66-67,71-72H,3-19,21-24,26-27,29-34,36-56,58-60,62-65H2,1-2H3,(H,70,73)/b28-25-,35-20-,61-57+.